The van der Waals surface area contributed by atoms with Crippen molar-refractivity contribution in [3.63, 3.8) is 0 Å². The summed E-state index contributed by atoms with van der Waals surface area (Å²) in [5.74, 6) is -0.253. The van der Waals surface area contributed by atoms with Gasteiger partial charge in [0.25, 0.3) is 5.91 Å². The van der Waals surface area contributed by atoms with E-state index in [4.69, 9.17) is 0 Å². The molecule has 0 radical (unpaired) electrons. The van der Waals surface area contributed by atoms with Crippen molar-refractivity contribution in [2.24, 2.45) is 0 Å². The highest BCUT2D eigenvalue weighted by molar-refractivity contribution is 5.94. The first kappa shape index (κ1) is 16.8. The molecule has 0 atom stereocenters. The average Bonchev–Trinajstić information content (AvgIpc) is 3.08. The summed E-state index contributed by atoms with van der Waals surface area (Å²) >= 11 is 0. The molecule has 3 aromatic heterocycles. The molecular weight excluding hydrogens is 340 g/mol. The summed E-state index contributed by atoms with van der Waals surface area (Å²) in [6, 6.07) is 9.70. The lowest BCUT2D eigenvalue weighted by molar-refractivity contribution is 0.0945. The van der Waals surface area contributed by atoms with Gasteiger partial charge in [0, 0.05) is 42.1 Å². The molecule has 0 bridgehead atoms. The summed E-state index contributed by atoms with van der Waals surface area (Å²) in [4.78, 5) is 20.8. The van der Waals surface area contributed by atoms with Gasteiger partial charge in [-0.2, -0.15) is 0 Å². The van der Waals surface area contributed by atoms with E-state index in [1.165, 1.54) is 0 Å². The number of nitrogens with one attached hydrogen (secondary N) is 1. The quantitative estimate of drug-likeness (QED) is 0.606. The summed E-state index contributed by atoms with van der Waals surface area (Å²) in [7, 11) is 0. The van der Waals surface area contributed by atoms with Crippen LogP contribution in [0.5, 0.6) is 0 Å². The second kappa shape index (κ2) is 6.95. The van der Waals surface area contributed by atoms with Crippen LogP contribution in [0.3, 0.4) is 0 Å². The second-order valence-corrected chi connectivity index (χ2v) is 6.29. The Morgan fingerprint density at radius 1 is 1.07 bits per heavy atom. The second-order valence-electron chi connectivity index (χ2n) is 6.29. The van der Waals surface area contributed by atoms with E-state index in [-0.39, 0.29) is 5.91 Å². The molecule has 7 nitrogen and oxygen atoms in total. The third kappa shape index (κ3) is 3.15. The first-order chi connectivity index (χ1) is 13.1. The summed E-state index contributed by atoms with van der Waals surface area (Å²) in [6.07, 6.45) is 7.03. The number of pyridine rings is 2. The van der Waals surface area contributed by atoms with Gasteiger partial charge in [0.05, 0.1) is 11.4 Å². The van der Waals surface area contributed by atoms with Gasteiger partial charge in [0.1, 0.15) is 0 Å². The van der Waals surface area contributed by atoms with Crippen LogP contribution in [0.2, 0.25) is 0 Å². The first-order valence-electron chi connectivity index (χ1n) is 8.58. The van der Waals surface area contributed by atoms with Crippen LogP contribution in [-0.4, -0.2) is 30.9 Å². The van der Waals surface area contributed by atoms with Gasteiger partial charge in [0.15, 0.2) is 5.69 Å². The van der Waals surface area contributed by atoms with Gasteiger partial charge in [-0.25, -0.2) is 4.68 Å². The van der Waals surface area contributed by atoms with Crippen LogP contribution >= 0.6 is 0 Å². The maximum absolute atomic E-state index is 12.6. The number of hydrogen-bond donors (Lipinski definition) is 1. The van der Waals surface area contributed by atoms with E-state index in [1.807, 2.05) is 44.2 Å². The van der Waals surface area contributed by atoms with Crippen molar-refractivity contribution in [2.45, 2.75) is 20.4 Å². The molecule has 27 heavy (non-hydrogen) atoms. The van der Waals surface area contributed by atoms with Gasteiger partial charge in [0.2, 0.25) is 0 Å². The zero-order valence-electron chi connectivity index (χ0n) is 15.0. The van der Waals surface area contributed by atoms with Gasteiger partial charge < -0.3 is 5.32 Å². The van der Waals surface area contributed by atoms with Crippen LogP contribution in [0, 0.1) is 13.8 Å². The molecular formula is C20H18N6O. The predicted octanol–water partition coefficient (Wildman–Crippen LogP) is 2.76. The van der Waals surface area contributed by atoms with Crippen LogP contribution in [-0.2, 0) is 6.54 Å². The number of rotatable bonds is 4. The Morgan fingerprint density at radius 2 is 1.89 bits per heavy atom. The number of fused-ring (bicyclic) bond motifs is 1. The zero-order valence-corrected chi connectivity index (χ0v) is 15.0. The van der Waals surface area contributed by atoms with Gasteiger partial charge in [-0.1, -0.05) is 17.3 Å². The van der Waals surface area contributed by atoms with E-state index in [2.05, 4.69) is 25.6 Å². The number of aryl methyl sites for hydroxylation is 1. The normalized spacial score (nSPS) is 10.9. The Hall–Kier alpha value is -3.61. The molecule has 0 saturated heterocycles. The SMILES string of the molecule is Cc1cnccc1CNC(=O)c1nnn(-c2cccc3cnccc23)c1C. The summed E-state index contributed by atoms with van der Waals surface area (Å²) in [6.45, 7) is 4.22. The van der Waals surface area contributed by atoms with Crippen molar-refractivity contribution < 1.29 is 4.79 Å². The minimum Gasteiger partial charge on any atom is -0.346 e. The predicted molar refractivity (Wildman–Crippen MR) is 102 cm³/mol. The van der Waals surface area contributed by atoms with Crippen molar-refractivity contribution in [3.05, 3.63) is 77.6 Å². The molecule has 4 aromatic rings. The number of hydrogen-bond acceptors (Lipinski definition) is 5. The lowest BCUT2D eigenvalue weighted by atomic mass is 10.1. The molecule has 3 heterocycles. The lowest BCUT2D eigenvalue weighted by Crippen LogP contribution is -2.24. The molecule has 0 aliphatic carbocycles. The van der Waals surface area contributed by atoms with E-state index < -0.39 is 0 Å². The molecule has 1 aromatic carbocycles. The van der Waals surface area contributed by atoms with Crippen LogP contribution in [0.1, 0.15) is 27.3 Å². The molecule has 0 saturated carbocycles. The van der Waals surface area contributed by atoms with Gasteiger partial charge in [-0.05, 0) is 43.2 Å². The van der Waals surface area contributed by atoms with Crippen LogP contribution < -0.4 is 5.32 Å². The van der Waals surface area contributed by atoms with E-state index in [9.17, 15) is 4.79 Å². The van der Waals surface area contributed by atoms with Crippen LogP contribution in [0.4, 0.5) is 0 Å². The fourth-order valence-electron chi connectivity index (χ4n) is 3.02. The average molecular weight is 358 g/mol. The first-order valence-corrected chi connectivity index (χ1v) is 8.58. The molecule has 0 aliphatic heterocycles. The largest absolute Gasteiger partial charge is 0.346 e. The zero-order chi connectivity index (χ0) is 18.8. The van der Waals surface area contributed by atoms with E-state index in [0.717, 1.165) is 27.6 Å². The molecule has 0 aliphatic rings. The number of aromatic nitrogens is 5. The Balaban J connectivity index is 1.62. The number of nitrogens with zero attached hydrogens (tertiary/aromatic N) is 5. The molecule has 4 rings (SSSR count). The van der Waals surface area contributed by atoms with Crippen molar-refractivity contribution in [2.75, 3.05) is 0 Å². The van der Waals surface area contributed by atoms with E-state index in [1.54, 1.807) is 29.5 Å². The molecule has 1 amide bonds. The fraction of sp³-hybridized carbons (Fsp3) is 0.150. The topological polar surface area (TPSA) is 85.6 Å². The monoisotopic (exact) mass is 358 g/mol. The summed E-state index contributed by atoms with van der Waals surface area (Å²) in [5, 5.41) is 13.2. The minimum atomic E-state index is -0.253. The Bertz CT molecular complexity index is 1130. The summed E-state index contributed by atoms with van der Waals surface area (Å²) < 4.78 is 1.69. The highest BCUT2D eigenvalue weighted by Gasteiger charge is 2.18. The van der Waals surface area contributed by atoms with E-state index in [0.29, 0.717) is 17.9 Å². The smallest absolute Gasteiger partial charge is 0.274 e. The maximum Gasteiger partial charge on any atom is 0.274 e. The van der Waals surface area contributed by atoms with Crippen LogP contribution in [0.25, 0.3) is 16.5 Å². The number of benzene rings is 1. The maximum atomic E-state index is 12.6. The van der Waals surface area contributed by atoms with E-state index >= 15 is 0 Å². The third-order valence-electron chi connectivity index (χ3n) is 4.57. The Morgan fingerprint density at radius 3 is 2.74 bits per heavy atom. The van der Waals surface area contributed by atoms with Crippen molar-refractivity contribution in [1.82, 2.24) is 30.3 Å². The fourth-order valence-corrected chi connectivity index (χ4v) is 3.02. The Kier molecular flexibility index (Phi) is 4.33. The van der Waals surface area contributed by atoms with Crippen molar-refractivity contribution >= 4 is 16.7 Å². The number of carbonyl (C=O) groups is 1. The summed E-state index contributed by atoms with van der Waals surface area (Å²) in [5.41, 5.74) is 3.91. The molecule has 0 fully saturated rings. The van der Waals surface area contributed by atoms with Gasteiger partial charge >= 0.3 is 0 Å². The van der Waals surface area contributed by atoms with Gasteiger partial charge in [-0.15, -0.1) is 5.10 Å². The third-order valence-corrected chi connectivity index (χ3v) is 4.57. The number of carbonyl (C=O) groups excluding carboxylic acids is 1. The molecule has 0 unspecified atom stereocenters. The minimum absolute atomic E-state index is 0.253. The highest BCUT2D eigenvalue weighted by Crippen LogP contribution is 2.22. The molecule has 7 heteroatoms. The number of amides is 1. The van der Waals surface area contributed by atoms with Gasteiger partial charge in [-0.3, -0.25) is 14.8 Å². The van der Waals surface area contributed by atoms with Crippen molar-refractivity contribution in [3.8, 4) is 5.69 Å². The molecule has 0 spiro atoms. The Labute approximate surface area is 156 Å². The molecule has 1 N–H and O–H groups in total. The lowest BCUT2D eigenvalue weighted by Gasteiger charge is -2.08. The van der Waals surface area contributed by atoms with Crippen molar-refractivity contribution in [1.29, 1.82) is 0 Å². The molecule has 134 valence electrons. The van der Waals surface area contributed by atoms with Crippen LogP contribution in [0.15, 0.2) is 55.1 Å². The highest BCUT2D eigenvalue weighted by atomic mass is 16.2. The standard InChI is InChI=1S/C20H18N6O/c1-13-10-21-8-6-15(13)12-23-20(27)19-14(2)26(25-24-19)18-5-3-4-16-11-22-9-7-17(16)18/h3-11H,12H2,1-2H3,(H,23,27).